The molecule has 0 aliphatic carbocycles. The summed E-state index contributed by atoms with van der Waals surface area (Å²) in [6.45, 7) is 3.58. The summed E-state index contributed by atoms with van der Waals surface area (Å²) in [5.74, 6) is -0.186. The summed E-state index contributed by atoms with van der Waals surface area (Å²) in [7, 11) is 0. The van der Waals surface area contributed by atoms with Gasteiger partial charge in [0.25, 0.3) is 5.91 Å². The monoisotopic (exact) mass is 313 g/mol. The number of rotatable bonds is 3. The summed E-state index contributed by atoms with van der Waals surface area (Å²) in [6, 6.07) is 9.52. The molecule has 1 aromatic carbocycles. The molecule has 0 fully saturated rings. The van der Waals surface area contributed by atoms with Gasteiger partial charge < -0.3 is 10.2 Å². The fourth-order valence-corrected chi connectivity index (χ4v) is 2.25. The molecule has 0 spiro atoms. The van der Waals surface area contributed by atoms with Crippen molar-refractivity contribution >= 4 is 17.4 Å². The molecule has 2 aromatic rings. The van der Waals surface area contributed by atoms with E-state index >= 15 is 0 Å². The van der Waals surface area contributed by atoms with Crippen LogP contribution in [0.3, 0.4) is 0 Å². The van der Waals surface area contributed by atoms with E-state index in [2.05, 4.69) is 15.5 Å². The number of amides is 1. The van der Waals surface area contributed by atoms with Crippen LogP contribution in [0.1, 0.15) is 24.5 Å². The van der Waals surface area contributed by atoms with E-state index in [1.54, 1.807) is 31.3 Å². The number of aromatic nitrogens is 1. The number of halogens is 1. The highest BCUT2D eigenvalue weighted by molar-refractivity contribution is 6.07. The first-order valence-corrected chi connectivity index (χ1v) is 7.21. The van der Waals surface area contributed by atoms with Gasteiger partial charge in [-0.2, -0.15) is 0 Å². The van der Waals surface area contributed by atoms with Gasteiger partial charge in [0.05, 0.1) is 5.71 Å². The minimum Gasteiger partial charge on any atom is -0.379 e. The lowest BCUT2D eigenvalue weighted by Gasteiger charge is -2.20. The molecular weight excluding hydrogens is 297 g/mol. The zero-order valence-electron chi connectivity index (χ0n) is 12.8. The Morgan fingerprint density at radius 3 is 2.65 bits per heavy atom. The first-order valence-electron chi connectivity index (χ1n) is 7.21. The molecule has 0 radical (unpaired) electrons. The van der Waals surface area contributed by atoms with E-state index in [4.69, 9.17) is 4.84 Å². The van der Waals surface area contributed by atoms with Gasteiger partial charge in [0, 0.05) is 12.6 Å². The molecule has 0 saturated heterocycles. The van der Waals surface area contributed by atoms with Crippen LogP contribution in [0.5, 0.6) is 0 Å². The third kappa shape index (κ3) is 3.21. The van der Waals surface area contributed by atoms with Gasteiger partial charge in [-0.3, -0.25) is 4.79 Å². The van der Waals surface area contributed by atoms with Crippen LogP contribution in [0.25, 0.3) is 0 Å². The number of benzene rings is 1. The van der Waals surface area contributed by atoms with Crippen molar-refractivity contribution in [2.45, 2.75) is 25.9 Å². The predicted molar refractivity (Wildman–Crippen MR) is 84.6 cm³/mol. The van der Waals surface area contributed by atoms with Crippen molar-refractivity contribution in [1.29, 1.82) is 0 Å². The lowest BCUT2D eigenvalue weighted by molar-refractivity contribution is -0.135. The largest absolute Gasteiger partial charge is 0.379 e. The molecule has 3 rings (SSSR count). The van der Waals surface area contributed by atoms with Crippen molar-refractivity contribution in [3.8, 4) is 0 Å². The van der Waals surface area contributed by atoms with E-state index in [1.165, 1.54) is 12.1 Å². The lowest BCUT2D eigenvalue weighted by Crippen LogP contribution is -2.40. The van der Waals surface area contributed by atoms with Crippen LogP contribution in [0.4, 0.5) is 10.2 Å². The molecule has 1 aliphatic heterocycles. The molecule has 118 valence electrons. The molecule has 23 heavy (non-hydrogen) atoms. The second kappa shape index (κ2) is 5.79. The number of nitrogens with zero attached hydrogens (tertiary/aromatic N) is 2. The van der Waals surface area contributed by atoms with Crippen LogP contribution in [0, 0.1) is 12.7 Å². The van der Waals surface area contributed by atoms with Gasteiger partial charge in [-0.25, -0.2) is 9.37 Å². The Labute approximate surface area is 133 Å². The summed E-state index contributed by atoms with van der Waals surface area (Å²) >= 11 is 0. The Hall–Kier alpha value is -2.76. The minimum atomic E-state index is -1.11. The van der Waals surface area contributed by atoms with Crippen molar-refractivity contribution in [3.63, 3.8) is 0 Å². The fraction of sp³-hybridized carbons (Fsp3) is 0.235. The number of carbonyl (C=O) groups excluding carboxylic acids is 1. The predicted octanol–water partition coefficient (Wildman–Crippen LogP) is 3.05. The molecule has 6 heteroatoms. The minimum absolute atomic E-state index is 0.302. The number of nitrogens with one attached hydrogen (secondary N) is 1. The van der Waals surface area contributed by atoms with Crippen molar-refractivity contribution < 1.29 is 14.0 Å². The Morgan fingerprint density at radius 2 is 2.00 bits per heavy atom. The van der Waals surface area contributed by atoms with Crippen LogP contribution in [-0.4, -0.2) is 22.2 Å². The summed E-state index contributed by atoms with van der Waals surface area (Å²) in [5, 5.41) is 6.70. The van der Waals surface area contributed by atoms with Gasteiger partial charge in [0.2, 0.25) is 5.60 Å². The Kier molecular flexibility index (Phi) is 3.82. The Morgan fingerprint density at radius 1 is 1.26 bits per heavy atom. The van der Waals surface area contributed by atoms with E-state index < -0.39 is 5.60 Å². The standard InChI is InChI=1S/C17H16FN3O2/c1-11-3-8-15(19-10-11)20-16(22)17(2)9-14(21-23-17)12-4-6-13(18)7-5-12/h3-8,10H,9H2,1-2H3,(H,19,20,22)/t17-/m1/s1. The van der Waals surface area contributed by atoms with Crippen molar-refractivity contribution in [3.05, 3.63) is 59.5 Å². The normalized spacial score (nSPS) is 19.9. The van der Waals surface area contributed by atoms with Crippen molar-refractivity contribution in [1.82, 2.24) is 4.98 Å². The smallest absolute Gasteiger partial charge is 0.272 e. The van der Waals surface area contributed by atoms with Gasteiger partial charge in [-0.05, 0) is 43.2 Å². The first-order chi connectivity index (χ1) is 11.0. The summed E-state index contributed by atoms with van der Waals surface area (Å²) in [4.78, 5) is 21.9. The molecule has 0 saturated carbocycles. The fourth-order valence-electron chi connectivity index (χ4n) is 2.25. The van der Waals surface area contributed by atoms with Crippen LogP contribution in [0.2, 0.25) is 0 Å². The van der Waals surface area contributed by atoms with E-state index in [-0.39, 0.29) is 11.7 Å². The maximum absolute atomic E-state index is 13.0. The van der Waals surface area contributed by atoms with E-state index in [1.807, 2.05) is 13.0 Å². The first kappa shape index (κ1) is 15.1. The second-order valence-electron chi connectivity index (χ2n) is 5.72. The zero-order valence-corrected chi connectivity index (χ0v) is 12.8. The number of hydrogen-bond acceptors (Lipinski definition) is 4. The van der Waals surface area contributed by atoms with Crippen molar-refractivity contribution in [2.75, 3.05) is 5.32 Å². The van der Waals surface area contributed by atoms with Gasteiger partial charge in [0.15, 0.2) is 0 Å². The molecule has 1 N–H and O–H groups in total. The highest BCUT2D eigenvalue weighted by Gasteiger charge is 2.42. The molecule has 1 aromatic heterocycles. The number of anilines is 1. The number of pyridine rings is 1. The van der Waals surface area contributed by atoms with Crippen LogP contribution < -0.4 is 5.32 Å². The van der Waals surface area contributed by atoms with Crippen LogP contribution >= 0.6 is 0 Å². The van der Waals surface area contributed by atoms with Crippen molar-refractivity contribution in [2.24, 2.45) is 5.16 Å². The summed E-state index contributed by atoms with van der Waals surface area (Å²) < 4.78 is 13.0. The summed E-state index contributed by atoms with van der Waals surface area (Å²) in [6.07, 6.45) is 1.98. The molecule has 0 unspecified atom stereocenters. The topological polar surface area (TPSA) is 63.6 Å². The second-order valence-corrected chi connectivity index (χ2v) is 5.72. The highest BCUT2D eigenvalue weighted by Crippen LogP contribution is 2.28. The van der Waals surface area contributed by atoms with E-state index in [9.17, 15) is 9.18 Å². The molecule has 0 bridgehead atoms. The molecule has 1 atom stereocenters. The molecule has 1 amide bonds. The lowest BCUT2D eigenvalue weighted by atomic mass is 9.95. The van der Waals surface area contributed by atoms with Gasteiger partial charge in [-0.1, -0.05) is 23.4 Å². The molecule has 2 heterocycles. The SMILES string of the molecule is Cc1ccc(NC(=O)[C@@]2(C)CC(c3ccc(F)cc3)=NO2)nc1. The van der Waals surface area contributed by atoms with Gasteiger partial charge in [-0.15, -0.1) is 0 Å². The average Bonchev–Trinajstić information content (AvgIpc) is 2.94. The quantitative estimate of drug-likeness (QED) is 0.947. The van der Waals surface area contributed by atoms with E-state index in [0.29, 0.717) is 18.0 Å². The molecule has 1 aliphatic rings. The number of oxime groups is 1. The molecular formula is C17H16FN3O2. The van der Waals surface area contributed by atoms with E-state index in [0.717, 1.165) is 11.1 Å². The van der Waals surface area contributed by atoms with Crippen LogP contribution in [-0.2, 0) is 9.63 Å². The molecule has 5 nitrogen and oxygen atoms in total. The van der Waals surface area contributed by atoms with Gasteiger partial charge in [0.1, 0.15) is 11.6 Å². The Balaban J connectivity index is 1.70. The Bertz CT molecular complexity index is 756. The number of aryl methyl sites for hydroxylation is 1. The van der Waals surface area contributed by atoms with Gasteiger partial charge >= 0.3 is 0 Å². The average molecular weight is 313 g/mol. The van der Waals surface area contributed by atoms with Crippen LogP contribution in [0.15, 0.2) is 47.8 Å². The third-order valence-corrected chi connectivity index (χ3v) is 3.67. The zero-order chi connectivity index (χ0) is 16.4. The third-order valence-electron chi connectivity index (χ3n) is 3.67. The number of hydrogen-bond donors (Lipinski definition) is 1. The highest BCUT2D eigenvalue weighted by atomic mass is 19.1. The maximum atomic E-state index is 13.0. The maximum Gasteiger partial charge on any atom is 0.272 e. The number of carbonyl (C=O) groups is 1. The summed E-state index contributed by atoms with van der Waals surface area (Å²) in [5.41, 5.74) is 1.24.